The normalized spacial score (nSPS) is 13.5. The fourth-order valence-corrected chi connectivity index (χ4v) is 4.88. The molecular formula is C31H28. The molecule has 0 spiro atoms. The summed E-state index contributed by atoms with van der Waals surface area (Å²) in [5.74, 6) is 0.336. The van der Waals surface area contributed by atoms with Gasteiger partial charge in [-0.1, -0.05) is 103 Å². The monoisotopic (exact) mass is 400 g/mol. The fourth-order valence-electron chi connectivity index (χ4n) is 4.88. The smallest absolute Gasteiger partial charge is 0.0124 e. The highest BCUT2D eigenvalue weighted by Gasteiger charge is 2.15. The van der Waals surface area contributed by atoms with Gasteiger partial charge in [0, 0.05) is 5.92 Å². The second-order valence-corrected chi connectivity index (χ2v) is 8.74. The summed E-state index contributed by atoms with van der Waals surface area (Å²) in [4.78, 5) is 0. The number of hydrogen-bond acceptors (Lipinski definition) is 0. The predicted molar refractivity (Wildman–Crippen MR) is 131 cm³/mol. The molecule has 0 nitrogen and oxygen atoms in total. The highest BCUT2D eigenvalue weighted by atomic mass is 14.2. The molecule has 0 N–H and O–H groups in total. The summed E-state index contributed by atoms with van der Waals surface area (Å²) in [6.07, 6.45) is 5.89. The first-order valence-corrected chi connectivity index (χ1v) is 11.2. The molecule has 0 aliphatic heterocycles. The van der Waals surface area contributed by atoms with Crippen LogP contribution in [0, 0.1) is 0 Å². The lowest BCUT2D eigenvalue weighted by molar-refractivity contribution is 0.826. The van der Waals surface area contributed by atoms with Gasteiger partial charge < -0.3 is 0 Å². The van der Waals surface area contributed by atoms with Crippen molar-refractivity contribution in [2.24, 2.45) is 0 Å². The van der Waals surface area contributed by atoms with Gasteiger partial charge in [0.15, 0.2) is 0 Å². The first kappa shape index (κ1) is 19.6. The third kappa shape index (κ3) is 4.54. The molecule has 4 aromatic carbocycles. The molecule has 4 aromatic rings. The third-order valence-electron chi connectivity index (χ3n) is 6.32. The Morgan fingerprint density at radius 2 is 0.903 bits per heavy atom. The van der Waals surface area contributed by atoms with Crippen LogP contribution < -0.4 is 0 Å². The van der Waals surface area contributed by atoms with Crippen molar-refractivity contribution in [3.63, 3.8) is 0 Å². The average molecular weight is 401 g/mol. The largest absolute Gasteiger partial charge is 0.103 e. The third-order valence-corrected chi connectivity index (χ3v) is 6.32. The summed E-state index contributed by atoms with van der Waals surface area (Å²) in [6.45, 7) is 4.05. The van der Waals surface area contributed by atoms with E-state index >= 15 is 0 Å². The Bertz CT molecular complexity index is 1120. The first-order valence-electron chi connectivity index (χ1n) is 11.2. The SMILES string of the molecule is C=CCC1c2cccc(c2)Cc2cccc(c2)Cc2cccc(c2)Cc2cccc1c2. The van der Waals surface area contributed by atoms with Crippen LogP contribution in [0.2, 0.25) is 0 Å². The van der Waals surface area contributed by atoms with Gasteiger partial charge >= 0.3 is 0 Å². The number of allylic oxidation sites excluding steroid dienone is 1. The molecule has 0 amide bonds. The van der Waals surface area contributed by atoms with Crippen LogP contribution in [0.3, 0.4) is 0 Å². The minimum Gasteiger partial charge on any atom is -0.103 e. The van der Waals surface area contributed by atoms with E-state index < -0.39 is 0 Å². The van der Waals surface area contributed by atoms with Gasteiger partial charge in [0.05, 0.1) is 0 Å². The second kappa shape index (κ2) is 8.78. The first-order chi connectivity index (χ1) is 15.3. The molecule has 0 fully saturated rings. The Hall–Kier alpha value is -3.38. The molecule has 8 bridgehead atoms. The van der Waals surface area contributed by atoms with Crippen molar-refractivity contribution in [1.82, 2.24) is 0 Å². The standard InChI is InChI=1S/C31H28/c1-2-7-31-29-14-5-12-27(21-29)19-25-10-3-8-23(17-25)16-24-9-4-11-26(18-24)20-28-13-6-15-30(31)22-28/h2-6,8-15,17-18,21-22,31H,1,7,16,19-20H2. The summed E-state index contributed by atoms with van der Waals surface area (Å²) in [5, 5.41) is 0. The summed E-state index contributed by atoms with van der Waals surface area (Å²) in [6, 6.07) is 36.4. The molecule has 0 unspecified atom stereocenters. The van der Waals surface area contributed by atoms with E-state index in [4.69, 9.17) is 0 Å². The molecule has 0 heterocycles. The Labute approximate surface area is 185 Å². The zero-order valence-corrected chi connectivity index (χ0v) is 17.9. The van der Waals surface area contributed by atoms with E-state index in [-0.39, 0.29) is 0 Å². The van der Waals surface area contributed by atoms with Crippen LogP contribution in [-0.2, 0) is 19.3 Å². The molecule has 1 aliphatic carbocycles. The van der Waals surface area contributed by atoms with Gasteiger partial charge in [0.25, 0.3) is 0 Å². The maximum Gasteiger partial charge on any atom is 0.0124 e. The van der Waals surface area contributed by atoms with E-state index in [0.717, 1.165) is 25.7 Å². The van der Waals surface area contributed by atoms with Crippen LogP contribution in [0.4, 0.5) is 0 Å². The van der Waals surface area contributed by atoms with Gasteiger partial charge in [0.2, 0.25) is 0 Å². The molecule has 0 radical (unpaired) electrons. The van der Waals surface area contributed by atoms with E-state index in [9.17, 15) is 0 Å². The van der Waals surface area contributed by atoms with Crippen LogP contribution in [0.25, 0.3) is 0 Å². The molecule has 5 rings (SSSR count). The summed E-state index contributed by atoms with van der Waals surface area (Å²) in [7, 11) is 0. The van der Waals surface area contributed by atoms with Crippen molar-refractivity contribution in [1.29, 1.82) is 0 Å². The molecule has 0 aromatic heterocycles. The van der Waals surface area contributed by atoms with Crippen molar-refractivity contribution in [3.8, 4) is 0 Å². The Kier molecular flexibility index (Phi) is 5.54. The van der Waals surface area contributed by atoms with Crippen LogP contribution in [0.5, 0.6) is 0 Å². The quantitative estimate of drug-likeness (QED) is 0.306. The predicted octanol–water partition coefficient (Wildman–Crippen LogP) is 7.48. The van der Waals surface area contributed by atoms with Crippen LogP contribution in [0.15, 0.2) is 110 Å². The number of hydrogen-bond donors (Lipinski definition) is 0. The molecule has 0 saturated heterocycles. The average Bonchev–Trinajstić information content (AvgIpc) is 2.78. The topological polar surface area (TPSA) is 0 Å². The molecule has 31 heavy (non-hydrogen) atoms. The zero-order chi connectivity index (χ0) is 21.0. The molecular weight excluding hydrogens is 372 g/mol. The van der Waals surface area contributed by atoms with E-state index in [2.05, 4.69) is 110 Å². The molecule has 1 aliphatic rings. The van der Waals surface area contributed by atoms with Gasteiger partial charge in [0.1, 0.15) is 0 Å². The second-order valence-electron chi connectivity index (χ2n) is 8.74. The lowest BCUT2D eigenvalue weighted by Gasteiger charge is -2.19. The minimum absolute atomic E-state index is 0.336. The number of fused-ring (bicyclic) bond motifs is 8. The molecule has 0 atom stereocenters. The van der Waals surface area contributed by atoms with Gasteiger partial charge in [-0.3, -0.25) is 0 Å². The summed E-state index contributed by atoms with van der Waals surface area (Å²) >= 11 is 0. The summed E-state index contributed by atoms with van der Waals surface area (Å²) in [5.41, 5.74) is 11.0. The maximum absolute atomic E-state index is 4.05. The van der Waals surface area contributed by atoms with Crippen molar-refractivity contribution in [3.05, 3.63) is 154 Å². The van der Waals surface area contributed by atoms with Crippen molar-refractivity contribution < 1.29 is 0 Å². The Balaban J connectivity index is 1.65. The molecule has 152 valence electrons. The van der Waals surface area contributed by atoms with Crippen molar-refractivity contribution >= 4 is 0 Å². The van der Waals surface area contributed by atoms with Gasteiger partial charge in [-0.15, -0.1) is 6.58 Å². The minimum atomic E-state index is 0.336. The highest BCUT2D eigenvalue weighted by Crippen LogP contribution is 2.31. The van der Waals surface area contributed by atoms with Gasteiger partial charge in [-0.25, -0.2) is 0 Å². The maximum atomic E-state index is 4.05. The zero-order valence-electron chi connectivity index (χ0n) is 17.9. The molecule has 0 saturated carbocycles. The van der Waals surface area contributed by atoms with E-state index in [1.54, 1.807) is 0 Å². The van der Waals surface area contributed by atoms with Crippen molar-refractivity contribution in [2.45, 2.75) is 31.6 Å². The van der Waals surface area contributed by atoms with Crippen LogP contribution >= 0.6 is 0 Å². The summed E-state index contributed by atoms with van der Waals surface area (Å²) < 4.78 is 0. The number of rotatable bonds is 2. The Morgan fingerprint density at radius 1 is 0.548 bits per heavy atom. The van der Waals surface area contributed by atoms with Crippen LogP contribution in [0.1, 0.15) is 56.8 Å². The fraction of sp³-hybridized carbons (Fsp3) is 0.161. The van der Waals surface area contributed by atoms with Crippen molar-refractivity contribution in [2.75, 3.05) is 0 Å². The van der Waals surface area contributed by atoms with E-state index in [1.807, 2.05) is 0 Å². The van der Waals surface area contributed by atoms with Crippen LogP contribution in [-0.4, -0.2) is 0 Å². The lowest BCUT2D eigenvalue weighted by Crippen LogP contribution is -2.03. The van der Waals surface area contributed by atoms with E-state index in [0.29, 0.717) is 5.92 Å². The van der Waals surface area contributed by atoms with Gasteiger partial charge in [-0.05, 0) is 70.2 Å². The lowest BCUT2D eigenvalue weighted by atomic mass is 9.85. The van der Waals surface area contributed by atoms with Gasteiger partial charge in [-0.2, -0.15) is 0 Å². The van der Waals surface area contributed by atoms with E-state index in [1.165, 1.54) is 44.5 Å². The highest BCUT2D eigenvalue weighted by molar-refractivity contribution is 5.41. The number of benzene rings is 4. The molecule has 0 heteroatoms. The Morgan fingerprint density at radius 3 is 1.29 bits per heavy atom.